The van der Waals surface area contributed by atoms with Gasteiger partial charge in [0.2, 0.25) is 0 Å². The molecule has 0 aliphatic heterocycles. The third-order valence-corrected chi connectivity index (χ3v) is 4.05. The fraction of sp³-hybridized carbons (Fsp3) is 0.500. The molecule has 0 heterocycles. The van der Waals surface area contributed by atoms with Gasteiger partial charge >= 0.3 is 0 Å². The van der Waals surface area contributed by atoms with Crippen LogP contribution >= 0.6 is 11.6 Å². The van der Waals surface area contributed by atoms with Gasteiger partial charge < -0.3 is 5.32 Å². The molecule has 0 radical (unpaired) electrons. The summed E-state index contributed by atoms with van der Waals surface area (Å²) in [5.41, 5.74) is 0.109. The van der Waals surface area contributed by atoms with E-state index in [2.05, 4.69) is 5.32 Å². The highest BCUT2D eigenvalue weighted by Gasteiger charge is 2.26. The van der Waals surface area contributed by atoms with E-state index in [9.17, 15) is 9.18 Å². The van der Waals surface area contributed by atoms with Crippen molar-refractivity contribution in [3.05, 3.63) is 35.6 Å². The Morgan fingerprint density at radius 3 is 2.78 bits per heavy atom. The Morgan fingerprint density at radius 1 is 1.33 bits per heavy atom. The largest absolute Gasteiger partial charge is 0.352 e. The van der Waals surface area contributed by atoms with E-state index in [1.54, 1.807) is 12.1 Å². The summed E-state index contributed by atoms with van der Waals surface area (Å²) in [4.78, 5) is 11.8. The molecule has 0 saturated heterocycles. The standard InChI is InChI=1S/C14H17ClFNO/c15-8-10-4-3-5-11(10)9-17-14(18)12-6-1-2-7-13(12)16/h1-2,6-7,10-11H,3-5,8-9H2,(H,17,18). The molecule has 0 bridgehead atoms. The molecule has 2 unspecified atom stereocenters. The molecule has 1 aromatic rings. The first kappa shape index (κ1) is 13.3. The SMILES string of the molecule is O=C(NCC1CCCC1CCl)c1ccccc1F. The highest BCUT2D eigenvalue weighted by molar-refractivity contribution is 6.18. The second-order valence-corrected chi connectivity index (χ2v) is 5.10. The highest BCUT2D eigenvalue weighted by Crippen LogP contribution is 2.31. The van der Waals surface area contributed by atoms with Crippen LogP contribution in [0.2, 0.25) is 0 Å². The molecule has 1 N–H and O–H groups in total. The van der Waals surface area contributed by atoms with Crippen LogP contribution in [-0.2, 0) is 0 Å². The van der Waals surface area contributed by atoms with Gasteiger partial charge in [-0.2, -0.15) is 0 Å². The van der Waals surface area contributed by atoms with E-state index in [4.69, 9.17) is 11.6 Å². The van der Waals surface area contributed by atoms with Gasteiger partial charge in [0.15, 0.2) is 0 Å². The molecule has 18 heavy (non-hydrogen) atoms. The summed E-state index contributed by atoms with van der Waals surface area (Å²) in [5.74, 6) is 0.731. The van der Waals surface area contributed by atoms with Gasteiger partial charge in [-0.05, 0) is 36.8 Å². The van der Waals surface area contributed by atoms with E-state index in [1.807, 2.05) is 0 Å². The van der Waals surface area contributed by atoms with Gasteiger partial charge in [-0.25, -0.2) is 4.39 Å². The zero-order valence-corrected chi connectivity index (χ0v) is 10.9. The van der Waals surface area contributed by atoms with Crippen LogP contribution in [0.25, 0.3) is 0 Å². The van der Waals surface area contributed by atoms with Crippen molar-refractivity contribution in [1.82, 2.24) is 5.32 Å². The number of nitrogens with one attached hydrogen (secondary N) is 1. The average molecular weight is 270 g/mol. The van der Waals surface area contributed by atoms with Crippen LogP contribution in [0.15, 0.2) is 24.3 Å². The van der Waals surface area contributed by atoms with Crippen molar-refractivity contribution in [3.63, 3.8) is 0 Å². The van der Waals surface area contributed by atoms with Gasteiger partial charge in [0.1, 0.15) is 5.82 Å². The molecular weight excluding hydrogens is 253 g/mol. The third kappa shape index (κ3) is 3.02. The van der Waals surface area contributed by atoms with Crippen LogP contribution in [0, 0.1) is 17.7 Å². The van der Waals surface area contributed by atoms with Crippen LogP contribution in [0.4, 0.5) is 4.39 Å². The summed E-state index contributed by atoms with van der Waals surface area (Å²) in [6.45, 7) is 0.588. The van der Waals surface area contributed by atoms with Gasteiger partial charge in [0.25, 0.3) is 5.91 Å². The van der Waals surface area contributed by atoms with Crippen LogP contribution in [0.3, 0.4) is 0 Å². The summed E-state index contributed by atoms with van der Waals surface area (Å²) < 4.78 is 13.4. The summed E-state index contributed by atoms with van der Waals surface area (Å²) >= 11 is 5.89. The van der Waals surface area contributed by atoms with E-state index in [0.29, 0.717) is 24.3 Å². The number of rotatable bonds is 4. The van der Waals surface area contributed by atoms with Crippen LogP contribution in [-0.4, -0.2) is 18.3 Å². The number of hydrogen-bond donors (Lipinski definition) is 1. The lowest BCUT2D eigenvalue weighted by atomic mass is 9.98. The van der Waals surface area contributed by atoms with Crippen molar-refractivity contribution >= 4 is 17.5 Å². The van der Waals surface area contributed by atoms with Crippen LogP contribution < -0.4 is 5.32 Å². The minimum absolute atomic E-state index is 0.109. The fourth-order valence-electron chi connectivity index (χ4n) is 2.55. The van der Waals surface area contributed by atoms with Gasteiger partial charge in [0.05, 0.1) is 5.56 Å². The van der Waals surface area contributed by atoms with E-state index < -0.39 is 5.82 Å². The zero-order chi connectivity index (χ0) is 13.0. The first-order chi connectivity index (χ1) is 8.72. The molecule has 2 atom stereocenters. The van der Waals surface area contributed by atoms with E-state index in [-0.39, 0.29) is 11.5 Å². The summed E-state index contributed by atoms with van der Waals surface area (Å²) in [6.07, 6.45) is 3.39. The second kappa shape index (κ2) is 6.19. The molecule has 4 heteroatoms. The molecule has 0 aromatic heterocycles. The van der Waals surface area contributed by atoms with Crippen LogP contribution in [0.1, 0.15) is 29.6 Å². The number of alkyl halides is 1. The van der Waals surface area contributed by atoms with Crippen molar-refractivity contribution < 1.29 is 9.18 Å². The minimum Gasteiger partial charge on any atom is -0.352 e. The first-order valence-corrected chi connectivity index (χ1v) is 6.84. The number of hydrogen-bond acceptors (Lipinski definition) is 1. The average Bonchev–Trinajstić information content (AvgIpc) is 2.84. The molecule has 1 aromatic carbocycles. The maximum atomic E-state index is 13.4. The number of benzene rings is 1. The van der Waals surface area contributed by atoms with Crippen LogP contribution in [0.5, 0.6) is 0 Å². The third-order valence-electron chi connectivity index (χ3n) is 3.66. The number of carbonyl (C=O) groups excluding carboxylic acids is 1. The molecule has 2 nitrogen and oxygen atoms in total. The first-order valence-electron chi connectivity index (χ1n) is 6.31. The molecule has 1 aliphatic rings. The molecule has 1 saturated carbocycles. The molecule has 98 valence electrons. The normalized spacial score (nSPS) is 23.0. The maximum Gasteiger partial charge on any atom is 0.254 e. The minimum atomic E-state index is -0.477. The Morgan fingerprint density at radius 2 is 2.06 bits per heavy atom. The molecule has 1 aliphatic carbocycles. The van der Waals surface area contributed by atoms with E-state index in [0.717, 1.165) is 19.3 Å². The number of carbonyl (C=O) groups is 1. The predicted octanol–water partition coefficient (Wildman–Crippen LogP) is 3.21. The molecule has 1 amide bonds. The Labute approximate surface area is 112 Å². The van der Waals surface area contributed by atoms with Crippen molar-refractivity contribution in [3.8, 4) is 0 Å². The Bertz CT molecular complexity index is 424. The van der Waals surface area contributed by atoms with Crippen molar-refractivity contribution in [2.24, 2.45) is 11.8 Å². The lowest BCUT2D eigenvalue weighted by molar-refractivity contribution is 0.0940. The summed E-state index contributed by atoms with van der Waals surface area (Å²) in [5, 5.41) is 2.81. The van der Waals surface area contributed by atoms with Gasteiger partial charge in [-0.1, -0.05) is 18.6 Å². The smallest absolute Gasteiger partial charge is 0.254 e. The summed E-state index contributed by atoms with van der Waals surface area (Å²) in [7, 11) is 0. The quantitative estimate of drug-likeness (QED) is 0.836. The topological polar surface area (TPSA) is 29.1 Å². The number of halogens is 2. The van der Waals surface area contributed by atoms with Crippen molar-refractivity contribution in [2.45, 2.75) is 19.3 Å². The second-order valence-electron chi connectivity index (χ2n) is 4.80. The Hall–Kier alpha value is -1.09. The zero-order valence-electron chi connectivity index (χ0n) is 10.2. The Kier molecular flexibility index (Phi) is 4.59. The highest BCUT2D eigenvalue weighted by atomic mass is 35.5. The van der Waals surface area contributed by atoms with E-state index in [1.165, 1.54) is 12.1 Å². The Balaban J connectivity index is 1.91. The maximum absolute atomic E-state index is 13.4. The predicted molar refractivity (Wildman–Crippen MR) is 70.3 cm³/mol. The van der Waals surface area contributed by atoms with E-state index >= 15 is 0 Å². The lowest BCUT2D eigenvalue weighted by Crippen LogP contribution is -2.31. The molecule has 1 fully saturated rings. The monoisotopic (exact) mass is 269 g/mol. The fourth-order valence-corrected chi connectivity index (χ4v) is 2.96. The number of amides is 1. The van der Waals surface area contributed by atoms with Gasteiger partial charge in [-0.3, -0.25) is 4.79 Å². The molecule has 0 spiro atoms. The van der Waals surface area contributed by atoms with Gasteiger partial charge in [0, 0.05) is 12.4 Å². The molecular formula is C14H17ClFNO. The van der Waals surface area contributed by atoms with Crippen molar-refractivity contribution in [1.29, 1.82) is 0 Å². The molecule has 2 rings (SSSR count). The van der Waals surface area contributed by atoms with Crippen molar-refractivity contribution in [2.75, 3.05) is 12.4 Å². The lowest BCUT2D eigenvalue weighted by Gasteiger charge is -2.17. The van der Waals surface area contributed by atoms with Gasteiger partial charge in [-0.15, -0.1) is 11.6 Å². The summed E-state index contributed by atoms with van der Waals surface area (Å²) in [6, 6.07) is 6.03.